The van der Waals surface area contributed by atoms with Crippen LogP contribution in [0.25, 0.3) is 10.9 Å². The number of aromatic amines is 1. The highest BCUT2D eigenvalue weighted by molar-refractivity contribution is 5.82. The van der Waals surface area contributed by atoms with Crippen molar-refractivity contribution in [2.75, 3.05) is 25.1 Å². The van der Waals surface area contributed by atoms with Crippen molar-refractivity contribution in [1.29, 1.82) is 0 Å². The van der Waals surface area contributed by atoms with E-state index in [0.717, 1.165) is 11.2 Å². The predicted molar refractivity (Wildman–Crippen MR) is 58.7 cm³/mol. The molecule has 14 heavy (non-hydrogen) atoms. The summed E-state index contributed by atoms with van der Waals surface area (Å²) in [6, 6.07) is 8.27. The van der Waals surface area contributed by atoms with Crippen molar-refractivity contribution < 1.29 is 5.11 Å². The van der Waals surface area contributed by atoms with Gasteiger partial charge in [0.25, 0.3) is 0 Å². The molecule has 2 rings (SSSR count). The van der Waals surface area contributed by atoms with Gasteiger partial charge in [-0.2, -0.15) is 0 Å². The van der Waals surface area contributed by atoms with Gasteiger partial charge in [-0.15, -0.1) is 0 Å². The first-order valence-corrected chi connectivity index (χ1v) is 4.70. The van der Waals surface area contributed by atoms with Gasteiger partial charge in [0.2, 0.25) is 0 Å². The van der Waals surface area contributed by atoms with Crippen molar-refractivity contribution in [2.45, 2.75) is 0 Å². The third-order valence-corrected chi connectivity index (χ3v) is 2.41. The molecule has 1 aromatic heterocycles. The van der Waals surface area contributed by atoms with E-state index >= 15 is 0 Å². The normalized spacial score (nSPS) is 10.7. The molecule has 0 aliphatic carbocycles. The van der Waals surface area contributed by atoms with Gasteiger partial charge in [-0.05, 0) is 23.6 Å². The fraction of sp³-hybridized carbons (Fsp3) is 0.273. The summed E-state index contributed by atoms with van der Waals surface area (Å²) in [5, 5.41) is 10.0. The zero-order chi connectivity index (χ0) is 9.97. The Morgan fingerprint density at radius 2 is 2.21 bits per heavy atom. The molecule has 0 saturated heterocycles. The maximum atomic E-state index is 8.82. The lowest BCUT2D eigenvalue weighted by Gasteiger charge is -2.17. The molecule has 0 aliphatic heterocycles. The van der Waals surface area contributed by atoms with Gasteiger partial charge in [-0.3, -0.25) is 0 Å². The molecule has 1 aromatic carbocycles. The van der Waals surface area contributed by atoms with E-state index in [1.54, 1.807) is 0 Å². The predicted octanol–water partition coefficient (Wildman–Crippen LogP) is 1.60. The Morgan fingerprint density at radius 1 is 1.36 bits per heavy atom. The first-order chi connectivity index (χ1) is 6.81. The molecule has 74 valence electrons. The number of nitrogens with one attached hydrogen (secondary N) is 1. The molecule has 0 bridgehead atoms. The van der Waals surface area contributed by atoms with Crippen molar-refractivity contribution in [3.63, 3.8) is 0 Å². The minimum atomic E-state index is 0.180. The van der Waals surface area contributed by atoms with Gasteiger partial charge in [0.1, 0.15) is 0 Å². The Kier molecular flexibility index (Phi) is 2.41. The van der Waals surface area contributed by atoms with Crippen molar-refractivity contribution in [2.24, 2.45) is 0 Å². The number of fused-ring (bicyclic) bond motifs is 1. The number of hydrogen-bond donors (Lipinski definition) is 2. The van der Waals surface area contributed by atoms with E-state index in [1.807, 2.05) is 24.2 Å². The van der Waals surface area contributed by atoms with Crippen LogP contribution in [0.3, 0.4) is 0 Å². The monoisotopic (exact) mass is 190 g/mol. The lowest BCUT2D eigenvalue weighted by atomic mass is 10.2. The van der Waals surface area contributed by atoms with Gasteiger partial charge in [0, 0.05) is 31.0 Å². The molecule has 1 heterocycles. The minimum absolute atomic E-state index is 0.180. The molecule has 0 atom stereocenters. The SMILES string of the molecule is CN(CCO)c1ccc2cc[nH]c2c1. The lowest BCUT2D eigenvalue weighted by molar-refractivity contribution is 0.304. The zero-order valence-electron chi connectivity index (χ0n) is 8.20. The van der Waals surface area contributed by atoms with Crippen molar-refractivity contribution in [3.8, 4) is 0 Å². The fourth-order valence-corrected chi connectivity index (χ4v) is 1.55. The van der Waals surface area contributed by atoms with Crippen LogP contribution in [0.4, 0.5) is 5.69 Å². The standard InChI is InChI=1S/C11H14N2O/c1-13(6-7-14)10-3-2-9-4-5-12-11(9)8-10/h2-5,8,12,14H,6-7H2,1H3. The number of aromatic nitrogens is 1. The Balaban J connectivity index is 2.33. The van der Waals surface area contributed by atoms with Crippen LogP contribution in [0.2, 0.25) is 0 Å². The molecule has 0 unspecified atom stereocenters. The number of hydrogen-bond acceptors (Lipinski definition) is 2. The molecule has 0 aliphatic rings. The van der Waals surface area contributed by atoms with Crippen LogP contribution in [0.15, 0.2) is 30.5 Å². The molecule has 3 heteroatoms. The van der Waals surface area contributed by atoms with E-state index in [4.69, 9.17) is 5.11 Å². The van der Waals surface area contributed by atoms with Crippen molar-refractivity contribution in [3.05, 3.63) is 30.5 Å². The van der Waals surface area contributed by atoms with Gasteiger partial charge in [-0.1, -0.05) is 6.07 Å². The molecule has 0 saturated carbocycles. The minimum Gasteiger partial charge on any atom is -0.395 e. The van der Waals surface area contributed by atoms with E-state index in [2.05, 4.69) is 23.2 Å². The average Bonchev–Trinajstić information content (AvgIpc) is 2.64. The maximum absolute atomic E-state index is 8.82. The summed E-state index contributed by atoms with van der Waals surface area (Å²) in [5.74, 6) is 0. The summed E-state index contributed by atoms with van der Waals surface area (Å²) in [4.78, 5) is 5.20. The quantitative estimate of drug-likeness (QED) is 0.771. The second-order valence-corrected chi connectivity index (χ2v) is 3.39. The lowest BCUT2D eigenvalue weighted by Crippen LogP contribution is -2.20. The first kappa shape index (κ1) is 9.09. The van der Waals surface area contributed by atoms with Crippen LogP contribution >= 0.6 is 0 Å². The van der Waals surface area contributed by atoms with E-state index in [0.29, 0.717) is 6.54 Å². The summed E-state index contributed by atoms with van der Waals surface area (Å²) in [5.41, 5.74) is 2.25. The van der Waals surface area contributed by atoms with Crippen molar-refractivity contribution >= 4 is 16.6 Å². The summed E-state index contributed by atoms with van der Waals surface area (Å²) >= 11 is 0. The van der Waals surface area contributed by atoms with Gasteiger partial charge in [0.15, 0.2) is 0 Å². The third kappa shape index (κ3) is 1.59. The van der Waals surface area contributed by atoms with Gasteiger partial charge >= 0.3 is 0 Å². The number of nitrogens with zero attached hydrogens (tertiary/aromatic N) is 1. The molecule has 0 spiro atoms. The molecule has 0 amide bonds. The highest BCUT2D eigenvalue weighted by Crippen LogP contribution is 2.19. The van der Waals surface area contributed by atoms with Crippen LogP contribution < -0.4 is 4.90 Å². The molecule has 2 aromatic rings. The van der Waals surface area contributed by atoms with Crippen LogP contribution in [-0.4, -0.2) is 30.3 Å². The fourth-order valence-electron chi connectivity index (χ4n) is 1.55. The molecule has 2 N–H and O–H groups in total. The smallest absolute Gasteiger partial charge is 0.0606 e. The van der Waals surface area contributed by atoms with E-state index in [9.17, 15) is 0 Å². The summed E-state index contributed by atoms with van der Waals surface area (Å²) in [6.45, 7) is 0.839. The number of aliphatic hydroxyl groups is 1. The summed E-state index contributed by atoms with van der Waals surface area (Å²) in [7, 11) is 1.97. The highest BCUT2D eigenvalue weighted by atomic mass is 16.3. The second kappa shape index (κ2) is 3.72. The zero-order valence-corrected chi connectivity index (χ0v) is 8.20. The number of anilines is 1. The van der Waals surface area contributed by atoms with Crippen molar-refractivity contribution in [1.82, 2.24) is 4.98 Å². The molecule has 0 fully saturated rings. The van der Waals surface area contributed by atoms with Gasteiger partial charge in [-0.25, -0.2) is 0 Å². The van der Waals surface area contributed by atoms with Crippen LogP contribution in [0, 0.1) is 0 Å². The van der Waals surface area contributed by atoms with Gasteiger partial charge < -0.3 is 15.0 Å². The first-order valence-electron chi connectivity index (χ1n) is 4.70. The number of aliphatic hydroxyl groups excluding tert-OH is 1. The number of H-pyrrole nitrogens is 1. The Hall–Kier alpha value is -1.48. The Bertz CT molecular complexity index is 422. The molecule has 0 radical (unpaired) electrons. The number of rotatable bonds is 3. The molecular formula is C11H14N2O. The average molecular weight is 190 g/mol. The largest absolute Gasteiger partial charge is 0.395 e. The number of likely N-dealkylation sites (N-methyl/N-ethyl adjacent to an activating group) is 1. The van der Waals surface area contributed by atoms with Crippen LogP contribution in [0.5, 0.6) is 0 Å². The maximum Gasteiger partial charge on any atom is 0.0606 e. The highest BCUT2D eigenvalue weighted by Gasteiger charge is 2.01. The third-order valence-electron chi connectivity index (χ3n) is 2.41. The van der Waals surface area contributed by atoms with Crippen LogP contribution in [0.1, 0.15) is 0 Å². The summed E-state index contributed by atoms with van der Waals surface area (Å²) in [6.07, 6.45) is 1.93. The van der Waals surface area contributed by atoms with Gasteiger partial charge in [0.05, 0.1) is 6.61 Å². The summed E-state index contributed by atoms with van der Waals surface area (Å²) < 4.78 is 0. The Labute approximate surface area is 83.0 Å². The van der Waals surface area contributed by atoms with Crippen LogP contribution in [-0.2, 0) is 0 Å². The second-order valence-electron chi connectivity index (χ2n) is 3.39. The topological polar surface area (TPSA) is 39.3 Å². The van der Waals surface area contributed by atoms with E-state index in [1.165, 1.54) is 5.39 Å². The van der Waals surface area contributed by atoms with E-state index in [-0.39, 0.29) is 6.61 Å². The Morgan fingerprint density at radius 3 is 3.00 bits per heavy atom. The molecule has 3 nitrogen and oxygen atoms in total. The van der Waals surface area contributed by atoms with E-state index < -0.39 is 0 Å². The number of benzene rings is 1. The molecular weight excluding hydrogens is 176 g/mol.